The number of hydrogen-bond acceptors (Lipinski definition) is 3. The van der Waals surface area contributed by atoms with Crippen molar-refractivity contribution in [1.29, 1.82) is 0 Å². The Morgan fingerprint density at radius 1 is 1.27 bits per heavy atom. The molecule has 7 heteroatoms. The van der Waals surface area contributed by atoms with E-state index in [1.807, 2.05) is 18.7 Å². The van der Waals surface area contributed by atoms with Gasteiger partial charge in [0.2, 0.25) is 0 Å². The third kappa shape index (κ3) is 6.83. The molecule has 5 nitrogen and oxygen atoms in total. The molecule has 0 aliphatic carbocycles. The molecule has 142 valence electrons. The van der Waals surface area contributed by atoms with Crippen molar-refractivity contribution in [1.82, 2.24) is 20.2 Å². The second-order valence-electron chi connectivity index (χ2n) is 6.26. The number of aromatic nitrogens is 2. The number of guanidine groups is 1. The van der Waals surface area contributed by atoms with Crippen molar-refractivity contribution >= 4 is 41.7 Å². The van der Waals surface area contributed by atoms with E-state index in [4.69, 9.17) is 4.99 Å². The van der Waals surface area contributed by atoms with E-state index in [1.165, 1.54) is 29.7 Å². The van der Waals surface area contributed by atoms with E-state index in [1.54, 1.807) is 0 Å². The first-order valence-electron chi connectivity index (χ1n) is 9.01. The lowest BCUT2D eigenvalue weighted by molar-refractivity contribution is 0.727. The van der Waals surface area contributed by atoms with Crippen LogP contribution in [0.4, 0.5) is 0 Å². The van der Waals surface area contributed by atoms with Gasteiger partial charge in [0, 0.05) is 37.3 Å². The third-order valence-corrected chi connectivity index (χ3v) is 5.63. The number of hydrogen-bond donors (Lipinski definition) is 2. The minimum Gasteiger partial charge on any atom is -0.357 e. The monoisotopic (exact) mass is 485 g/mol. The van der Waals surface area contributed by atoms with E-state index in [0.29, 0.717) is 6.54 Å². The number of imidazole rings is 1. The van der Waals surface area contributed by atoms with Gasteiger partial charge in [0.05, 0.1) is 12.9 Å². The van der Waals surface area contributed by atoms with E-state index in [9.17, 15) is 0 Å². The molecular weight excluding hydrogens is 457 g/mol. The van der Waals surface area contributed by atoms with Crippen LogP contribution in [0.25, 0.3) is 0 Å². The van der Waals surface area contributed by atoms with Gasteiger partial charge in [-0.1, -0.05) is 24.3 Å². The van der Waals surface area contributed by atoms with E-state index in [-0.39, 0.29) is 24.0 Å². The molecular formula is C19H28IN5S. The SMILES string of the molecule is CCNC(=NCc1ccc(Cn2ccnc2)cc1)NCC1CCCS1.I. The normalized spacial score (nSPS) is 17.0. The maximum atomic E-state index is 4.72. The van der Waals surface area contributed by atoms with Crippen LogP contribution < -0.4 is 10.6 Å². The van der Waals surface area contributed by atoms with Gasteiger partial charge in [-0.3, -0.25) is 0 Å². The lowest BCUT2D eigenvalue weighted by atomic mass is 10.1. The Balaban J connectivity index is 0.00000243. The second-order valence-corrected chi connectivity index (χ2v) is 7.67. The number of halogens is 1. The third-order valence-electron chi connectivity index (χ3n) is 4.23. The van der Waals surface area contributed by atoms with Gasteiger partial charge in [-0.25, -0.2) is 9.98 Å². The van der Waals surface area contributed by atoms with E-state index >= 15 is 0 Å². The molecule has 0 radical (unpaired) electrons. The Hall–Kier alpha value is -1.22. The molecule has 1 aromatic heterocycles. The quantitative estimate of drug-likeness (QED) is 0.358. The number of nitrogens with one attached hydrogen (secondary N) is 2. The Morgan fingerprint density at radius 3 is 2.73 bits per heavy atom. The molecule has 2 heterocycles. The molecule has 0 spiro atoms. The number of benzene rings is 1. The summed E-state index contributed by atoms with van der Waals surface area (Å²) in [6.07, 6.45) is 8.29. The highest BCUT2D eigenvalue weighted by atomic mass is 127. The number of nitrogens with zero attached hydrogens (tertiary/aromatic N) is 3. The van der Waals surface area contributed by atoms with Gasteiger partial charge in [0.25, 0.3) is 0 Å². The molecule has 0 bridgehead atoms. The van der Waals surface area contributed by atoms with Crippen molar-refractivity contribution in [3.63, 3.8) is 0 Å². The Kier molecular flexibility index (Phi) is 9.31. The van der Waals surface area contributed by atoms with Crippen molar-refractivity contribution in [2.75, 3.05) is 18.8 Å². The van der Waals surface area contributed by atoms with Crippen molar-refractivity contribution in [3.05, 3.63) is 54.1 Å². The van der Waals surface area contributed by atoms with Gasteiger partial charge in [-0.05, 0) is 36.6 Å². The van der Waals surface area contributed by atoms with Crippen LogP contribution in [0.2, 0.25) is 0 Å². The van der Waals surface area contributed by atoms with Gasteiger partial charge in [-0.2, -0.15) is 11.8 Å². The maximum Gasteiger partial charge on any atom is 0.191 e. The first-order chi connectivity index (χ1) is 12.3. The molecule has 1 aromatic carbocycles. The molecule has 1 atom stereocenters. The topological polar surface area (TPSA) is 54.2 Å². The highest BCUT2D eigenvalue weighted by Gasteiger charge is 2.15. The lowest BCUT2D eigenvalue weighted by Crippen LogP contribution is -2.40. The van der Waals surface area contributed by atoms with Crippen LogP contribution in [0.15, 0.2) is 48.0 Å². The van der Waals surface area contributed by atoms with E-state index < -0.39 is 0 Å². The molecule has 2 aromatic rings. The average molecular weight is 485 g/mol. The van der Waals surface area contributed by atoms with Crippen molar-refractivity contribution in [3.8, 4) is 0 Å². The zero-order valence-corrected chi connectivity index (χ0v) is 18.4. The molecule has 26 heavy (non-hydrogen) atoms. The second kappa shape index (κ2) is 11.5. The van der Waals surface area contributed by atoms with Gasteiger partial charge < -0.3 is 15.2 Å². The lowest BCUT2D eigenvalue weighted by Gasteiger charge is -2.14. The van der Waals surface area contributed by atoms with Gasteiger partial charge in [0.15, 0.2) is 5.96 Å². The van der Waals surface area contributed by atoms with Crippen molar-refractivity contribution < 1.29 is 0 Å². The number of rotatable bonds is 7. The Bertz CT molecular complexity index is 651. The zero-order valence-electron chi connectivity index (χ0n) is 15.2. The summed E-state index contributed by atoms with van der Waals surface area (Å²) >= 11 is 2.07. The maximum absolute atomic E-state index is 4.72. The first-order valence-corrected chi connectivity index (χ1v) is 10.1. The van der Waals surface area contributed by atoms with E-state index in [2.05, 4.69) is 63.1 Å². The minimum absolute atomic E-state index is 0. The molecule has 2 N–H and O–H groups in total. The van der Waals surface area contributed by atoms with Crippen LogP contribution in [0.3, 0.4) is 0 Å². The Labute approximate surface area is 177 Å². The zero-order chi connectivity index (χ0) is 17.3. The summed E-state index contributed by atoms with van der Waals surface area (Å²) in [5.74, 6) is 2.21. The summed E-state index contributed by atoms with van der Waals surface area (Å²) in [6, 6.07) is 8.65. The summed E-state index contributed by atoms with van der Waals surface area (Å²) in [7, 11) is 0. The average Bonchev–Trinajstić information content (AvgIpc) is 3.32. The molecule has 0 saturated carbocycles. The summed E-state index contributed by atoms with van der Waals surface area (Å²) < 4.78 is 2.07. The molecule has 0 amide bonds. The highest BCUT2D eigenvalue weighted by molar-refractivity contribution is 14.0. The van der Waals surface area contributed by atoms with Crippen LogP contribution in [-0.2, 0) is 13.1 Å². The fourth-order valence-corrected chi connectivity index (χ4v) is 4.07. The fourth-order valence-electron chi connectivity index (χ4n) is 2.87. The van der Waals surface area contributed by atoms with Crippen LogP contribution in [0.1, 0.15) is 30.9 Å². The highest BCUT2D eigenvalue weighted by Crippen LogP contribution is 2.25. The summed E-state index contributed by atoms with van der Waals surface area (Å²) in [6.45, 7) is 5.53. The molecule has 1 aliphatic rings. The van der Waals surface area contributed by atoms with Crippen LogP contribution >= 0.6 is 35.7 Å². The predicted octanol–water partition coefficient (Wildman–Crippen LogP) is 3.50. The standard InChI is InChI=1S/C19H27N5S.HI/c1-2-21-19(23-13-18-4-3-11-25-18)22-12-16-5-7-17(8-6-16)14-24-10-9-20-15-24;/h5-10,15,18H,2-4,11-14H2,1H3,(H2,21,22,23);1H. The van der Waals surface area contributed by atoms with Crippen LogP contribution in [-0.4, -0.2) is 39.6 Å². The largest absolute Gasteiger partial charge is 0.357 e. The van der Waals surface area contributed by atoms with E-state index in [0.717, 1.165) is 30.8 Å². The van der Waals surface area contributed by atoms with Gasteiger partial charge in [0.1, 0.15) is 0 Å². The van der Waals surface area contributed by atoms with Gasteiger partial charge >= 0.3 is 0 Å². The summed E-state index contributed by atoms with van der Waals surface area (Å²) in [4.78, 5) is 8.80. The molecule has 1 unspecified atom stereocenters. The van der Waals surface area contributed by atoms with Gasteiger partial charge in [-0.15, -0.1) is 24.0 Å². The fraction of sp³-hybridized carbons (Fsp3) is 0.474. The minimum atomic E-state index is 0. The molecule has 1 fully saturated rings. The molecule has 1 aliphatic heterocycles. The first kappa shape index (κ1) is 21.1. The predicted molar refractivity (Wildman–Crippen MR) is 121 cm³/mol. The molecule has 3 rings (SSSR count). The Morgan fingerprint density at radius 2 is 2.08 bits per heavy atom. The summed E-state index contributed by atoms with van der Waals surface area (Å²) in [5.41, 5.74) is 2.50. The van der Waals surface area contributed by atoms with Crippen molar-refractivity contribution in [2.24, 2.45) is 4.99 Å². The summed E-state index contributed by atoms with van der Waals surface area (Å²) in [5, 5.41) is 7.55. The number of thioether (sulfide) groups is 1. The van der Waals surface area contributed by atoms with Crippen LogP contribution in [0.5, 0.6) is 0 Å². The number of aliphatic imine (C=N–C) groups is 1. The van der Waals surface area contributed by atoms with Crippen molar-refractivity contribution in [2.45, 2.75) is 38.1 Å². The molecule has 1 saturated heterocycles. The smallest absolute Gasteiger partial charge is 0.191 e. The van der Waals surface area contributed by atoms with Crippen LogP contribution in [0, 0.1) is 0 Å².